The van der Waals surface area contributed by atoms with Crippen LogP contribution < -0.4 is 5.43 Å². The van der Waals surface area contributed by atoms with Crippen molar-refractivity contribution in [3.8, 4) is 0 Å². The van der Waals surface area contributed by atoms with E-state index in [9.17, 15) is 0 Å². The van der Waals surface area contributed by atoms with Crippen molar-refractivity contribution in [1.82, 2.24) is 10.4 Å². The van der Waals surface area contributed by atoms with Crippen molar-refractivity contribution < 1.29 is 0 Å². The zero-order valence-corrected chi connectivity index (χ0v) is 5.88. The fraction of sp³-hybridized carbons (Fsp3) is 1.00. The van der Waals surface area contributed by atoms with Crippen molar-refractivity contribution in [2.24, 2.45) is 0 Å². The van der Waals surface area contributed by atoms with Crippen LogP contribution in [-0.2, 0) is 0 Å². The molecule has 0 aromatic carbocycles. The van der Waals surface area contributed by atoms with Crippen molar-refractivity contribution in [3.63, 3.8) is 0 Å². The van der Waals surface area contributed by atoms with Gasteiger partial charge in [-0.05, 0) is 0 Å². The summed E-state index contributed by atoms with van der Waals surface area (Å²) in [5.74, 6) is 0. The summed E-state index contributed by atoms with van der Waals surface area (Å²) in [5, 5.41) is 1.93. The number of hydrogen-bond donors (Lipinski definition) is 1. The maximum Gasteiger partial charge on any atom is 0.00735 e. The van der Waals surface area contributed by atoms with Crippen LogP contribution in [0.25, 0.3) is 0 Å². The van der Waals surface area contributed by atoms with Gasteiger partial charge >= 0.3 is 0 Å². The third-order valence-corrected chi connectivity index (χ3v) is 0.474. The Hall–Kier alpha value is 0.210. The Morgan fingerprint density at radius 2 is 1.86 bits per heavy atom. The minimum absolute atomic E-state index is 0. The van der Waals surface area contributed by atoms with Crippen LogP contribution in [0.4, 0.5) is 0 Å². The fourth-order valence-electron chi connectivity index (χ4n) is 0.316. The number of rotatable bonds is 2. The average molecular weight is 125 g/mol. The van der Waals surface area contributed by atoms with E-state index in [2.05, 4.69) is 12.3 Å². The van der Waals surface area contributed by atoms with Gasteiger partial charge in [0.15, 0.2) is 0 Å². The molecular weight excluding hydrogens is 112 g/mol. The minimum Gasteiger partial charge on any atom is -0.256 e. The van der Waals surface area contributed by atoms with Crippen LogP contribution in [0.5, 0.6) is 0 Å². The molecule has 46 valence electrons. The van der Waals surface area contributed by atoms with Gasteiger partial charge in [-0.25, -0.2) is 0 Å². The van der Waals surface area contributed by atoms with Crippen LogP contribution in [0.1, 0.15) is 6.92 Å². The molecule has 0 aliphatic carbocycles. The van der Waals surface area contributed by atoms with E-state index in [1.54, 1.807) is 0 Å². The lowest BCUT2D eigenvalue weighted by molar-refractivity contribution is 0.299. The molecule has 2 nitrogen and oxygen atoms in total. The summed E-state index contributed by atoms with van der Waals surface area (Å²) in [6.45, 7) is 3.08. The van der Waals surface area contributed by atoms with Crippen molar-refractivity contribution in [1.29, 1.82) is 0 Å². The van der Waals surface area contributed by atoms with Gasteiger partial charge in [0.05, 0.1) is 0 Å². The second kappa shape index (κ2) is 6.21. The van der Waals surface area contributed by atoms with Crippen molar-refractivity contribution >= 4 is 12.4 Å². The minimum atomic E-state index is 0. The molecule has 0 fully saturated rings. The van der Waals surface area contributed by atoms with Gasteiger partial charge in [-0.3, -0.25) is 10.4 Å². The molecule has 0 atom stereocenters. The summed E-state index contributed by atoms with van der Waals surface area (Å²) in [6, 6.07) is 0. The molecule has 1 N–H and O–H groups in total. The maximum absolute atomic E-state index is 3.04. The first-order valence-electron chi connectivity index (χ1n) is 2.18. The van der Waals surface area contributed by atoms with Gasteiger partial charge in [-0.1, -0.05) is 6.92 Å². The predicted octanol–water partition coefficient (Wildman–Crippen LogP) is 0.494. The Bertz CT molecular complexity index is 30.9. The molecule has 0 saturated carbocycles. The number of hydrazine groups is 1. The van der Waals surface area contributed by atoms with Crippen LogP contribution in [0.3, 0.4) is 0 Å². The van der Waals surface area contributed by atoms with Crippen molar-refractivity contribution in [3.05, 3.63) is 0 Å². The van der Waals surface area contributed by atoms with Crippen LogP contribution >= 0.6 is 12.4 Å². The Kier molecular flexibility index (Phi) is 9.09. The molecule has 0 spiro atoms. The van der Waals surface area contributed by atoms with Gasteiger partial charge in [0, 0.05) is 20.6 Å². The lowest BCUT2D eigenvalue weighted by Crippen LogP contribution is -2.29. The molecule has 0 radical (unpaired) electrons. The molecule has 0 heterocycles. The van der Waals surface area contributed by atoms with Crippen molar-refractivity contribution in [2.45, 2.75) is 6.92 Å². The second-order valence-corrected chi connectivity index (χ2v) is 1.41. The van der Waals surface area contributed by atoms with E-state index in [0.29, 0.717) is 0 Å². The molecule has 0 aromatic rings. The predicted molar refractivity (Wildman–Crippen MR) is 34.6 cm³/mol. The summed E-state index contributed by atoms with van der Waals surface area (Å²) in [5.41, 5.74) is 3.04. The quantitative estimate of drug-likeness (QED) is 0.540. The van der Waals surface area contributed by atoms with Gasteiger partial charge < -0.3 is 0 Å². The lowest BCUT2D eigenvalue weighted by Gasteiger charge is -2.07. The Morgan fingerprint density at radius 3 is 1.86 bits per heavy atom. The molecular formula is C4H13ClN2. The summed E-state index contributed by atoms with van der Waals surface area (Å²) >= 11 is 0. The summed E-state index contributed by atoms with van der Waals surface area (Å²) in [4.78, 5) is 0. The standard InChI is InChI=1S/C4H12N2.ClH/c1-4-5-6(2)3;/h5H,4H2,1-3H3;1H. The Labute approximate surface area is 51.3 Å². The van der Waals surface area contributed by atoms with E-state index in [-0.39, 0.29) is 12.4 Å². The monoisotopic (exact) mass is 124 g/mol. The first kappa shape index (κ1) is 10.2. The molecule has 0 aliphatic heterocycles. The highest BCUT2D eigenvalue weighted by Gasteiger charge is 1.75. The van der Waals surface area contributed by atoms with Gasteiger partial charge in [0.25, 0.3) is 0 Å². The van der Waals surface area contributed by atoms with Gasteiger partial charge in [0.2, 0.25) is 0 Å². The van der Waals surface area contributed by atoms with E-state index in [1.807, 2.05) is 19.1 Å². The first-order valence-corrected chi connectivity index (χ1v) is 2.18. The highest BCUT2D eigenvalue weighted by molar-refractivity contribution is 5.85. The molecule has 0 amide bonds. The largest absolute Gasteiger partial charge is 0.256 e. The SMILES string of the molecule is CCNN(C)C.Cl. The molecule has 0 unspecified atom stereocenters. The van der Waals surface area contributed by atoms with Crippen LogP contribution in [0.15, 0.2) is 0 Å². The molecule has 7 heavy (non-hydrogen) atoms. The molecule has 3 heteroatoms. The highest BCUT2D eigenvalue weighted by atomic mass is 35.5. The Balaban J connectivity index is 0. The second-order valence-electron chi connectivity index (χ2n) is 1.41. The van der Waals surface area contributed by atoms with Crippen LogP contribution in [-0.4, -0.2) is 25.6 Å². The van der Waals surface area contributed by atoms with E-state index in [0.717, 1.165) is 6.54 Å². The molecule has 0 aromatic heterocycles. The normalized spacial score (nSPS) is 8.57. The average Bonchev–Trinajstić information content (AvgIpc) is 1.35. The zero-order valence-electron chi connectivity index (χ0n) is 5.06. The summed E-state index contributed by atoms with van der Waals surface area (Å²) in [6.07, 6.45) is 0. The van der Waals surface area contributed by atoms with Crippen LogP contribution in [0, 0.1) is 0 Å². The van der Waals surface area contributed by atoms with Gasteiger partial charge in [0.1, 0.15) is 0 Å². The smallest absolute Gasteiger partial charge is 0.00735 e. The highest BCUT2D eigenvalue weighted by Crippen LogP contribution is 1.57. The topological polar surface area (TPSA) is 15.3 Å². The maximum atomic E-state index is 3.04. The summed E-state index contributed by atoms with van der Waals surface area (Å²) < 4.78 is 0. The summed E-state index contributed by atoms with van der Waals surface area (Å²) in [7, 11) is 3.95. The third-order valence-electron chi connectivity index (χ3n) is 0.474. The van der Waals surface area contributed by atoms with E-state index in [1.165, 1.54) is 0 Å². The van der Waals surface area contributed by atoms with Crippen molar-refractivity contribution in [2.75, 3.05) is 20.6 Å². The first-order chi connectivity index (χ1) is 2.77. The zero-order chi connectivity index (χ0) is 4.99. The number of nitrogens with one attached hydrogen (secondary N) is 1. The Morgan fingerprint density at radius 1 is 1.43 bits per heavy atom. The van der Waals surface area contributed by atoms with Crippen LogP contribution in [0.2, 0.25) is 0 Å². The molecule has 0 aliphatic rings. The van der Waals surface area contributed by atoms with Gasteiger partial charge in [-0.2, -0.15) is 0 Å². The number of hydrogen-bond acceptors (Lipinski definition) is 2. The molecule has 0 bridgehead atoms. The van der Waals surface area contributed by atoms with E-state index in [4.69, 9.17) is 0 Å². The number of nitrogens with zero attached hydrogens (tertiary/aromatic N) is 1. The lowest BCUT2D eigenvalue weighted by atomic mass is 10.8. The van der Waals surface area contributed by atoms with Gasteiger partial charge in [-0.15, -0.1) is 12.4 Å². The molecule has 0 saturated heterocycles. The fourth-order valence-corrected chi connectivity index (χ4v) is 0.316. The third kappa shape index (κ3) is 10.7. The van der Waals surface area contributed by atoms with E-state index < -0.39 is 0 Å². The molecule has 0 rings (SSSR count). The van der Waals surface area contributed by atoms with E-state index >= 15 is 0 Å². The number of halogens is 1.